The maximum atomic E-state index is 14.4. The first kappa shape index (κ1) is 24.5. The Morgan fingerprint density at radius 1 is 1.27 bits per heavy atom. The van der Waals surface area contributed by atoms with Gasteiger partial charge in [-0.3, -0.25) is 4.90 Å². The fraction of sp³-hybridized carbons (Fsp3) is 0.320. The summed E-state index contributed by atoms with van der Waals surface area (Å²) in [6, 6.07) is 11.3. The van der Waals surface area contributed by atoms with E-state index >= 15 is 0 Å². The van der Waals surface area contributed by atoms with Crippen LogP contribution in [0.1, 0.15) is 28.4 Å². The molecule has 1 aliphatic rings. The molecule has 1 atom stereocenters. The number of carboxylic acids is 1. The normalized spacial score (nSPS) is 16.2. The average molecular weight is 467 g/mol. The van der Waals surface area contributed by atoms with Crippen LogP contribution < -0.4 is 4.74 Å². The van der Waals surface area contributed by atoms with E-state index in [4.69, 9.17) is 9.84 Å². The van der Waals surface area contributed by atoms with E-state index in [0.29, 0.717) is 37.5 Å². The van der Waals surface area contributed by atoms with Gasteiger partial charge in [0, 0.05) is 34.8 Å². The van der Waals surface area contributed by atoms with E-state index in [1.165, 1.54) is 24.3 Å². The van der Waals surface area contributed by atoms with Gasteiger partial charge in [-0.05, 0) is 48.4 Å². The molecule has 1 amide bonds. The molecule has 0 unspecified atom stereocenters. The van der Waals surface area contributed by atoms with Crippen LogP contribution in [0.2, 0.25) is 0 Å². The molecule has 33 heavy (non-hydrogen) atoms. The van der Waals surface area contributed by atoms with E-state index in [2.05, 4.69) is 21.7 Å². The Hall–Kier alpha value is -3.10. The number of carbonyl (C=O) groups is 2. The SMILES string of the molecule is C=CC(=O)[N+]1=C(C)CN(C[C@]([Si])(COc2ccc(C(=O)O)cc2)c2ccc(C)c(F)c2)CC1. The van der Waals surface area contributed by atoms with E-state index in [9.17, 15) is 14.0 Å². The molecule has 0 aliphatic carbocycles. The van der Waals surface area contributed by atoms with Crippen molar-refractivity contribution in [2.45, 2.75) is 18.9 Å². The van der Waals surface area contributed by atoms with E-state index in [1.807, 2.05) is 13.0 Å². The van der Waals surface area contributed by atoms with Crippen LogP contribution in [-0.4, -0.2) is 75.2 Å². The van der Waals surface area contributed by atoms with Crippen LogP contribution in [0.4, 0.5) is 4.39 Å². The van der Waals surface area contributed by atoms with E-state index in [1.54, 1.807) is 29.7 Å². The third-order valence-electron chi connectivity index (χ3n) is 5.80. The number of carbonyl (C=O) groups excluding carboxylic acids is 1. The molecular weight excluding hydrogens is 439 g/mol. The third kappa shape index (κ3) is 5.83. The van der Waals surface area contributed by atoms with Crippen LogP contribution in [0.3, 0.4) is 0 Å². The molecule has 3 rings (SSSR count). The Bertz CT molecular complexity index is 1100. The molecule has 2 aromatic carbocycles. The van der Waals surface area contributed by atoms with Crippen LogP contribution in [0, 0.1) is 12.7 Å². The Balaban J connectivity index is 1.84. The van der Waals surface area contributed by atoms with Crippen molar-refractivity contribution in [3.63, 3.8) is 0 Å². The van der Waals surface area contributed by atoms with Crippen LogP contribution >= 0.6 is 0 Å². The first-order valence-corrected chi connectivity index (χ1v) is 11.1. The Labute approximate surface area is 196 Å². The number of rotatable bonds is 8. The first-order valence-electron chi connectivity index (χ1n) is 10.6. The predicted molar refractivity (Wildman–Crippen MR) is 125 cm³/mol. The fourth-order valence-corrected chi connectivity index (χ4v) is 4.31. The van der Waals surface area contributed by atoms with Crippen LogP contribution in [-0.2, 0) is 9.83 Å². The summed E-state index contributed by atoms with van der Waals surface area (Å²) in [6.07, 6.45) is 1.31. The largest absolute Gasteiger partial charge is 0.493 e. The van der Waals surface area contributed by atoms with Crippen molar-refractivity contribution in [1.82, 2.24) is 4.90 Å². The molecule has 0 aromatic heterocycles. The number of aromatic carboxylic acids is 1. The number of amides is 1. The quantitative estimate of drug-likeness (QED) is 0.368. The first-order chi connectivity index (χ1) is 15.6. The van der Waals surface area contributed by atoms with Gasteiger partial charge in [0.05, 0.1) is 25.3 Å². The van der Waals surface area contributed by atoms with Gasteiger partial charge in [0.2, 0.25) is 0 Å². The minimum atomic E-state index is -1.01. The van der Waals surface area contributed by atoms with Gasteiger partial charge in [-0.2, -0.15) is 4.58 Å². The lowest BCUT2D eigenvalue weighted by molar-refractivity contribution is -0.451. The Morgan fingerprint density at radius 3 is 2.55 bits per heavy atom. The molecule has 2 aromatic rings. The zero-order valence-electron chi connectivity index (χ0n) is 18.8. The zero-order valence-corrected chi connectivity index (χ0v) is 19.8. The summed E-state index contributed by atoms with van der Waals surface area (Å²) in [5.74, 6) is -0.915. The lowest BCUT2D eigenvalue weighted by atomic mass is 9.95. The summed E-state index contributed by atoms with van der Waals surface area (Å²) in [7, 11) is 3.89. The summed E-state index contributed by atoms with van der Waals surface area (Å²) in [5, 5.41) is 8.34. The Morgan fingerprint density at radius 2 is 1.97 bits per heavy atom. The molecule has 0 fully saturated rings. The van der Waals surface area contributed by atoms with Gasteiger partial charge in [0.15, 0.2) is 12.3 Å². The molecule has 1 N–H and O–H groups in total. The van der Waals surface area contributed by atoms with Crippen molar-refractivity contribution in [1.29, 1.82) is 0 Å². The number of aryl methyl sites for hydroxylation is 1. The summed E-state index contributed by atoms with van der Waals surface area (Å²) < 4.78 is 22.1. The number of carboxylic acid groups (broad SMARTS) is 1. The Kier molecular flexibility index (Phi) is 7.60. The lowest BCUT2D eigenvalue weighted by Crippen LogP contribution is -2.52. The lowest BCUT2D eigenvalue weighted by Gasteiger charge is -2.36. The van der Waals surface area contributed by atoms with Gasteiger partial charge in [0.25, 0.3) is 0 Å². The minimum absolute atomic E-state index is 0.120. The molecule has 0 saturated heterocycles. The third-order valence-corrected chi connectivity index (χ3v) is 6.39. The summed E-state index contributed by atoms with van der Waals surface area (Å²) in [5.41, 5.74) is 2.37. The number of halogens is 1. The number of nitrogens with zero attached hydrogens (tertiary/aromatic N) is 2. The predicted octanol–water partition coefficient (Wildman–Crippen LogP) is 2.78. The second-order valence-corrected chi connectivity index (χ2v) is 9.26. The topological polar surface area (TPSA) is 69.8 Å². The highest BCUT2D eigenvalue weighted by Crippen LogP contribution is 2.26. The van der Waals surface area contributed by atoms with Crippen molar-refractivity contribution in [2.24, 2.45) is 0 Å². The number of hydrogen-bond acceptors (Lipinski definition) is 4. The van der Waals surface area contributed by atoms with Gasteiger partial charge < -0.3 is 9.84 Å². The molecule has 8 heteroatoms. The summed E-state index contributed by atoms with van der Waals surface area (Å²) >= 11 is 0. The van der Waals surface area contributed by atoms with Crippen LogP contribution in [0.25, 0.3) is 0 Å². The maximum absolute atomic E-state index is 14.4. The molecule has 0 saturated carbocycles. The highest BCUT2D eigenvalue weighted by atomic mass is 28.1. The van der Waals surface area contributed by atoms with E-state index in [-0.39, 0.29) is 23.9 Å². The smallest absolute Gasteiger partial charge is 0.411 e. The monoisotopic (exact) mass is 466 g/mol. The molecule has 0 spiro atoms. The number of ether oxygens (including phenoxy) is 1. The van der Waals surface area contributed by atoms with Crippen molar-refractivity contribution in [3.8, 4) is 5.75 Å². The molecule has 0 bridgehead atoms. The molecule has 171 valence electrons. The highest BCUT2D eigenvalue weighted by Gasteiger charge is 2.35. The second kappa shape index (κ2) is 10.2. The van der Waals surface area contributed by atoms with Crippen molar-refractivity contribution in [3.05, 3.63) is 77.6 Å². The van der Waals surface area contributed by atoms with Crippen LogP contribution in [0.5, 0.6) is 5.75 Å². The summed E-state index contributed by atoms with van der Waals surface area (Å²) in [4.78, 5) is 25.3. The zero-order chi connectivity index (χ0) is 24.2. The molecule has 1 aliphatic heterocycles. The standard InChI is InChI=1S/C25H26FN2O4Si/c1-4-23(29)28-12-11-27(14-18(28)3)15-25(33,20-8-5-17(2)22(26)13-20)16-32-21-9-6-19(7-10-21)24(30)31/h4-10,13H,1,11-12,14-16H2,2-3H3/p+1/t25-/m0/s1. The van der Waals surface area contributed by atoms with Gasteiger partial charge in [-0.25, -0.2) is 14.0 Å². The van der Waals surface area contributed by atoms with Crippen LogP contribution in [0.15, 0.2) is 55.1 Å². The second-order valence-electron chi connectivity index (χ2n) is 8.30. The molecule has 6 nitrogen and oxygen atoms in total. The van der Waals surface area contributed by atoms with E-state index < -0.39 is 11.0 Å². The van der Waals surface area contributed by atoms with Gasteiger partial charge in [-0.1, -0.05) is 18.7 Å². The van der Waals surface area contributed by atoms with Crippen molar-refractivity contribution < 1.29 is 28.4 Å². The maximum Gasteiger partial charge on any atom is 0.411 e. The highest BCUT2D eigenvalue weighted by molar-refractivity contribution is 6.16. The van der Waals surface area contributed by atoms with E-state index in [0.717, 1.165) is 11.3 Å². The van der Waals surface area contributed by atoms with Gasteiger partial charge in [0.1, 0.15) is 11.6 Å². The number of benzene rings is 2. The van der Waals surface area contributed by atoms with Crippen molar-refractivity contribution in [2.75, 3.05) is 32.8 Å². The fourth-order valence-electron chi connectivity index (χ4n) is 3.86. The van der Waals surface area contributed by atoms with Gasteiger partial charge >= 0.3 is 11.9 Å². The van der Waals surface area contributed by atoms with Gasteiger partial charge in [-0.15, -0.1) is 0 Å². The number of hydrogen-bond donors (Lipinski definition) is 1. The minimum Gasteiger partial charge on any atom is -0.493 e. The average Bonchev–Trinajstić information content (AvgIpc) is 2.79. The van der Waals surface area contributed by atoms with Crippen molar-refractivity contribution >= 4 is 27.8 Å². The molecule has 3 radical (unpaired) electrons. The molecule has 1 heterocycles. The molecular formula is C25H27FN2O4Si+. The summed E-state index contributed by atoms with van der Waals surface area (Å²) in [6.45, 7) is 9.64.